The summed E-state index contributed by atoms with van der Waals surface area (Å²) in [4.78, 5) is 1.18. The van der Waals surface area contributed by atoms with Crippen molar-refractivity contribution in [3.63, 3.8) is 0 Å². The number of aryl methyl sites for hydroxylation is 1. The number of nitrogen functional groups attached to an aromatic ring is 1. The van der Waals surface area contributed by atoms with Gasteiger partial charge in [-0.25, -0.2) is 0 Å². The van der Waals surface area contributed by atoms with E-state index < -0.39 is 0 Å². The molecule has 5 heteroatoms. The molecule has 1 heterocycles. The average molecular weight is 322 g/mol. The standard InChI is InChI=1S/C16H16ClNO2S/c1-10-2-3-14(18)6-15(10)21-8-12-5-13(17)4-11-7-19-9-20-16(11)12/h2-6H,7-9,18H2,1H3. The Bertz CT molecular complexity index is 676. The molecule has 2 aromatic carbocycles. The van der Waals surface area contributed by atoms with E-state index in [4.69, 9.17) is 26.8 Å². The van der Waals surface area contributed by atoms with Crippen LogP contribution < -0.4 is 10.5 Å². The zero-order valence-corrected chi connectivity index (χ0v) is 13.3. The van der Waals surface area contributed by atoms with E-state index in [-0.39, 0.29) is 0 Å². The Morgan fingerprint density at radius 3 is 3.00 bits per heavy atom. The van der Waals surface area contributed by atoms with Crippen molar-refractivity contribution in [1.29, 1.82) is 0 Å². The summed E-state index contributed by atoms with van der Waals surface area (Å²) >= 11 is 7.92. The first-order valence-electron chi connectivity index (χ1n) is 6.64. The fourth-order valence-corrected chi connectivity index (χ4v) is 3.60. The highest BCUT2D eigenvalue weighted by atomic mass is 35.5. The Kier molecular flexibility index (Phi) is 4.29. The van der Waals surface area contributed by atoms with E-state index in [9.17, 15) is 0 Å². The van der Waals surface area contributed by atoms with Crippen molar-refractivity contribution in [2.45, 2.75) is 24.2 Å². The summed E-state index contributed by atoms with van der Waals surface area (Å²) in [7, 11) is 0. The van der Waals surface area contributed by atoms with E-state index in [0.717, 1.165) is 28.3 Å². The molecule has 1 aliphatic heterocycles. The van der Waals surface area contributed by atoms with Crippen molar-refractivity contribution in [2.75, 3.05) is 12.5 Å². The maximum atomic E-state index is 6.18. The molecule has 0 bridgehead atoms. The number of halogens is 1. The fraction of sp³-hybridized carbons (Fsp3) is 0.250. The predicted molar refractivity (Wildman–Crippen MR) is 86.9 cm³/mol. The van der Waals surface area contributed by atoms with Gasteiger partial charge in [0.15, 0.2) is 6.79 Å². The molecule has 21 heavy (non-hydrogen) atoms. The summed E-state index contributed by atoms with van der Waals surface area (Å²) in [6.45, 7) is 2.92. The van der Waals surface area contributed by atoms with Crippen LogP contribution in [0.2, 0.25) is 5.02 Å². The molecule has 1 aliphatic rings. The third-order valence-electron chi connectivity index (χ3n) is 3.35. The molecule has 0 aliphatic carbocycles. The molecule has 0 saturated carbocycles. The molecule has 0 atom stereocenters. The van der Waals surface area contributed by atoms with Crippen molar-refractivity contribution in [3.05, 3.63) is 52.0 Å². The fourth-order valence-electron chi connectivity index (χ4n) is 2.29. The first kappa shape index (κ1) is 14.6. The van der Waals surface area contributed by atoms with Crippen molar-refractivity contribution in [3.8, 4) is 5.75 Å². The van der Waals surface area contributed by atoms with Crippen LogP contribution in [0.5, 0.6) is 5.75 Å². The van der Waals surface area contributed by atoms with Gasteiger partial charge in [-0.05, 0) is 36.8 Å². The lowest BCUT2D eigenvalue weighted by Crippen LogP contribution is -2.12. The predicted octanol–water partition coefficient (Wildman–Crippen LogP) is 4.39. The van der Waals surface area contributed by atoms with Gasteiger partial charge in [-0.15, -0.1) is 11.8 Å². The van der Waals surface area contributed by atoms with Gasteiger partial charge in [0.2, 0.25) is 0 Å². The van der Waals surface area contributed by atoms with Gasteiger partial charge in [-0.2, -0.15) is 0 Å². The molecule has 0 amide bonds. The molecule has 0 spiro atoms. The van der Waals surface area contributed by atoms with Crippen LogP contribution in [0.1, 0.15) is 16.7 Å². The normalized spacial score (nSPS) is 13.6. The van der Waals surface area contributed by atoms with Crippen LogP contribution in [0.15, 0.2) is 35.2 Å². The zero-order valence-electron chi connectivity index (χ0n) is 11.7. The van der Waals surface area contributed by atoms with Crippen LogP contribution in [0.4, 0.5) is 5.69 Å². The Labute approximate surface area is 133 Å². The van der Waals surface area contributed by atoms with Gasteiger partial charge in [0.25, 0.3) is 0 Å². The van der Waals surface area contributed by atoms with E-state index in [0.29, 0.717) is 18.4 Å². The van der Waals surface area contributed by atoms with Crippen LogP contribution in [-0.2, 0) is 17.1 Å². The molecule has 3 rings (SSSR count). The van der Waals surface area contributed by atoms with E-state index in [2.05, 4.69) is 6.92 Å². The summed E-state index contributed by atoms with van der Waals surface area (Å²) < 4.78 is 10.9. The maximum Gasteiger partial charge on any atom is 0.189 e. The summed E-state index contributed by atoms with van der Waals surface area (Å²) in [6, 6.07) is 9.81. The van der Waals surface area contributed by atoms with Gasteiger partial charge in [0.1, 0.15) is 5.75 Å². The van der Waals surface area contributed by atoms with E-state index in [1.165, 1.54) is 10.5 Å². The Balaban J connectivity index is 1.85. The lowest BCUT2D eigenvalue weighted by Gasteiger charge is -2.21. The highest BCUT2D eigenvalue weighted by Crippen LogP contribution is 2.36. The zero-order chi connectivity index (χ0) is 14.8. The molecule has 0 aromatic heterocycles. The minimum absolute atomic E-state index is 0.295. The van der Waals surface area contributed by atoms with Crippen molar-refractivity contribution < 1.29 is 9.47 Å². The van der Waals surface area contributed by atoms with Crippen molar-refractivity contribution in [2.24, 2.45) is 0 Å². The largest absolute Gasteiger partial charge is 0.467 e. The SMILES string of the molecule is Cc1ccc(N)cc1SCc1cc(Cl)cc2c1OCOC2. The van der Waals surface area contributed by atoms with E-state index in [1.807, 2.05) is 30.3 Å². The van der Waals surface area contributed by atoms with Crippen molar-refractivity contribution >= 4 is 29.1 Å². The van der Waals surface area contributed by atoms with Crippen LogP contribution in [0, 0.1) is 6.92 Å². The van der Waals surface area contributed by atoms with Crippen LogP contribution in [0.3, 0.4) is 0 Å². The third-order valence-corrected chi connectivity index (χ3v) is 4.77. The minimum Gasteiger partial charge on any atom is -0.467 e. The number of fused-ring (bicyclic) bond motifs is 1. The number of benzene rings is 2. The molecule has 0 fully saturated rings. The van der Waals surface area contributed by atoms with Gasteiger partial charge in [0, 0.05) is 32.5 Å². The van der Waals surface area contributed by atoms with Crippen molar-refractivity contribution in [1.82, 2.24) is 0 Å². The highest BCUT2D eigenvalue weighted by Gasteiger charge is 2.16. The summed E-state index contributed by atoms with van der Waals surface area (Å²) in [5.41, 5.74) is 9.95. The minimum atomic E-state index is 0.295. The van der Waals surface area contributed by atoms with Gasteiger partial charge >= 0.3 is 0 Å². The molecule has 0 radical (unpaired) electrons. The van der Waals surface area contributed by atoms with Gasteiger partial charge in [-0.1, -0.05) is 17.7 Å². The Morgan fingerprint density at radius 1 is 1.29 bits per heavy atom. The molecule has 2 N–H and O–H groups in total. The number of nitrogens with two attached hydrogens (primary N) is 1. The lowest BCUT2D eigenvalue weighted by molar-refractivity contribution is -0.0168. The lowest BCUT2D eigenvalue weighted by atomic mass is 10.1. The van der Waals surface area contributed by atoms with Gasteiger partial charge in [-0.3, -0.25) is 0 Å². The third kappa shape index (κ3) is 3.28. The smallest absolute Gasteiger partial charge is 0.189 e. The number of hydrogen-bond acceptors (Lipinski definition) is 4. The second kappa shape index (κ2) is 6.18. The average Bonchev–Trinajstić information content (AvgIpc) is 2.47. The maximum absolute atomic E-state index is 6.18. The summed E-state index contributed by atoms with van der Waals surface area (Å²) in [6.07, 6.45) is 0. The monoisotopic (exact) mass is 321 g/mol. The molecule has 3 nitrogen and oxygen atoms in total. The quantitative estimate of drug-likeness (QED) is 0.672. The number of hydrogen-bond donors (Lipinski definition) is 1. The molecular formula is C16H16ClNO2S. The molecular weight excluding hydrogens is 306 g/mol. The van der Waals surface area contributed by atoms with Gasteiger partial charge in [0.05, 0.1) is 6.61 Å². The molecule has 0 unspecified atom stereocenters. The highest BCUT2D eigenvalue weighted by molar-refractivity contribution is 7.98. The first-order chi connectivity index (χ1) is 10.1. The number of rotatable bonds is 3. The molecule has 110 valence electrons. The number of thioether (sulfide) groups is 1. The molecule has 0 saturated heterocycles. The molecule has 2 aromatic rings. The van der Waals surface area contributed by atoms with Crippen LogP contribution in [-0.4, -0.2) is 6.79 Å². The van der Waals surface area contributed by atoms with Crippen LogP contribution >= 0.6 is 23.4 Å². The van der Waals surface area contributed by atoms with E-state index >= 15 is 0 Å². The second-order valence-electron chi connectivity index (χ2n) is 4.98. The second-order valence-corrected chi connectivity index (χ2v) is 6.43. The van der Waals surface area contributed by atoms with Crippen LogP contribution in [0.25, 0.3) is 0 Å². The summed E-state index contributed by atoms with van der Waals surface area (Å²) in [5, 5.41) is 0.711. The Hall–Kier alpha value is -1.36. The number of anilines is 1. The van der Waals surface area contributed by atoms with Gasteiger partial charge < -0.3 is 15.2 Å². The number of ether oxygens (including phenoxy) is 2. The topological polar surface area (TPSA) is 44.5 Å². The Morgan fingerprint density at radius 2 is 2.14 bits per heavy atom. The first-order valence-corrected chi connectivity index (χ1v) is 8.00. The summed E-state index contributed by atoms with van der Waals surface area (Å²) in [5.74, 6) is 1.69. The van der Waals surface area contributed by atoms with E-state index in [1.54, 1.807) is 11.8 Å².